The fourth-order valence-corrected chi connectivity index (χ4v) is 2.38. The van der Waals surface area contributed by atoms with Crippen LogP contribution in [0.4, 0.5) is 11.5 Å². The van der Waals surface area contributed by atoms with Crippen LogP contribution in [-0.2, 0) is 11.2 Å². The first-order chi connectivity index (χ1) is 10.0. The second kappa shape index (κ2) is 5.29. The summed E-state index contributed by atoms with van der Waals surface area (Å²) in [6.07, 6.45) is 0.366. The molecule has 3 rings (SSSR count). The maximum atomic E-state index is 12.2. The molecule has 1 aromatic carbocycles. The minimum absolute atomic E-state index is 0.0484. The van der Waals surface area contributed by atoms with Crippen molar-refractivity contribution >= 4 is 39.2 Å². The second-order valence-corrected chi connectivity index (χ2v) is 5.67. The molecule has 0 fully saturated rings. The molecule has 0 atom stereocenters. The van der Waals surface area contributed by atoms with Crippen molar-refractivity contribution in [3.63, 3.8) is 0 Å². The zero-order valence-corrected chi connectivity index (χ0v) is 12.8. The Morgan fingerprint density at radius 1 is 1.33 bits per heavy atom. The Labute approximate surface area is 129 Å². The average molecular weight is 346 g/mol. The van der Waals surface area contributed by atoms with Crippen molar-refractivity contribution in [3.8, 4) is 0 Å². The number of pyridine rings is 1. The smallest absolute Gasteiger partial charge is 0.256 e. The van der Waals surface area contributed by atoms with Crippen molar-refractivity contribution in [1.82, 2.24) is 4.98 Å². The maximum absolute atomic E-state index is 12.2. The summed E-state index contributed by atoms with van der Waals surface area (Å²) in [4.78, 5) is 27.8. The predicted molar refractivity (Wildman–Crippen MR) is 83.4 cm³/mol. The van der Waals surface area contributed by atoms with Crippen LogP contribution in [0.1, 0.15) is 21.6 Å². The first-order valence-corrected chi connectivity index (χ1v) is 7.19. The predicted octanol–water partition coefficient (Wildman–Crippen LogP) is 2.90. The van der Waals surface area contributed by atoms with E-state index in [0.717, 1.165) is 15.7 Å². The van der Waals surface area contributed by atoms with Crippen molar-refractivity contribution in [2.45, 2.75) is 13.3 Å². The second-order valence-electron chi connectivity index (χ2n) is 4.81. The number of benzene rings is 1. The van der Waals surface area contributed by atoms with Crippen molar-refractivity contribution in [2.75, 3.05) is 10.6 Å². The highest BCUT2D eigenvalue weighted by molar-refractivity contribution is 9.10. The average Bonchev–Trinajstić information content (AvgIpc) is 2.82. The van der Waals surface area contributed by atoms with Crippen LogP contribution in [0.5, 0.6) is 0 Å². The lowest BCUT2D eigenvalue weighted by Crippen LogP contribution is -2.13. The standard InChI is InChI=1S/C15H12BrN3O2/c1-8-11(16)4-5-13(17-8)19-15(21)10-3-2-9-7-14(20)18-12(9)6-10/h2-6H,7H2,1H3,(H,18,20)(H,17,19,21). The van der Waals surface area contributed by atoms with Gasteiger partial charge in [-0.05, 0) is 52.7 Å². The van der Waals surface area contributed by atoms with Crippen LogP contribution >= 0.6 is 15.9 Å². The normalized spacial score (nSPS) is 12.8. The molecular formula is C15H12BrN3O2. The number of hydrogen-bond donors (Lipinski definition) is 2. The summed E-state index contributed by atoms with van der Waals surface area (Å²) < 4.78 is 0.890. The summed E-state index contributed by atoms with van der Waals surface area (Å²) in [5.41, 5.74) is 2.90. The van der Waals surface area contributed by atoms with Crippen LogP contribution in [0.2, 0.25) is 0 Å². The molecule has 2 amide bonds. The summed E-state index contributed by atoms with van der Waals surface area (Å²) in [5.74, 6) is 0.186. The maximum Gasteiger partial charge on any atom is 0.256 e. The molecule has 0 unspecified atom stereocenters. The van der Waals surface area contributed by atoms with Crippen molar-refractivity contribution < 1.29 is 9.59 Å². The minimum Gasteiger partial charge on any atom is -0.326 e. The number of carbonyl (C=O) groups is 2. The molecule has 0 aliphatic carbocycles. The van der Waals surface area contributed by atoms with Gasteiger partial charge in [-0.2, -0.15) is 0 Å². The number of amides is 2. The highest BCUT2D eigenvalue weighted by Gasteiger charge is 2.19. The van der Waals surface area contributed by atoms with E-state index in [1.165, 1.54) is 0 Å². The Morgan fingerprint density at radius 2 is 2.14 bits per heavy atom. The third-order valence-electron chi connectivity index (χ3n) is 3.26. The Hall–Kier alpha value is -2.21. The number of fused-ring (bicyclic) bond motifs is 1. The van der Waals surface area contributed by atoms with E-state index >= 15 is 0 Å². The van der Waals surface area contributed by atoms with Crippen LogP contribution < -0.4 is 10.6 Å². The molecule has 6 heteroatoms. The Kier molecular flexibility index (Phi) is 3.47. The Morgan fingerprint density at radius 3 is 2.90 bits per heavy atom. The van der Waals surface area contributed by atoms with Crippen molar-refractivity contribution in [3.05, 3.63) is 51.6 Å². The van der Waals surface area contributed by atoms with Crippen LogP contribution in [-0.4, -0.2) is 16.8 Å². The topological polar surface area (TPSA) is 71.1 Å². The van der Waals surface area contributed by atoms with Gasteiger partial charge in [0.25, 0.3) is 5.91 Å². The van der Waals surface area contributed by atoms with Gasteiger partial charge < -0.3 is 10.6 Å². The molecule has 1 aliphatic rings. The number of halogens is 1. The zero-order chi connectivity index (χ0) is 15.0. The van der Waals surface area contributed by atoms with Gasteiger partial charge in [0.15, 0.2) is 0 Å². The lowest BCUT2D eigenvalue weighted by Gasteiger charge is -2.07. The molecular weight excluding hydrogens is 334 g/mol. The molecule has 0 saturated heterocycles. The van der Waals surface area contributed by atoms with Crippen molar-refractivity contribution in [2.24, 2.45) is 0 Å². The zero-order valence-electron chi connectivity index (χ0n) is 11.2. The summed E-state index contributed by atoms with van der Waals surface area (Å²) in [6.45, 7) is 1.85. The van der Waals surface area contributed by atoms with E-state index in [2.05, 4.69) is 31.5 Å². The van der Waals surface area contributed by atoms with E-state index in [-0.39, 0.29) is 11.8 Å². The number of carbonyl (C=O) groups excluding carboxylic acids is 2. The van der Waals surface area contributed by atoms with Gasteiger partial charge in [0, 0.05) is 15.7 Å². The Bertz CT molecular complexity index is 759. The van der Waals surface area contributed by atoms with E-state index in [1.54, 1.807) is 24.3 Å². The van der Waals surface area contributed by atoms with Gasteiger partial charge in [0.05, 0.1) is 12.1 Å². The fourth-order valence-electron chi connectivity index (χ4n) is 2.16. The van der Waals surface area contributed by atoms with Crippen LogP contribution in [0.15, 0.2) is 34.8 Å². The molecule has 0 bridgehead atoms. The van der Waals surface area contributed by atoms with Crippen LogP contribution in [0.3, 0.4) is 0 Å². The van der Waals surface area contributed by atoms with E-state index < -0.39 is 0 Å². The quantitative estimate of drug-likeness (QED) is 0.878. The summed E-state index contributed by atoms with van der Waals surface area (Å²) in [5, 5.41) is 5.48. The molecule has 21 heavy (non-hydrogen) atoms. The number of hydrogen-bond acceptors (Lipinski definition) is 3. The number of aromatic nitrogens is 1. The van der Waals surface area contributed by atoms with E-state index in [0.29, 0.717) is 23.5 Å². The van der Waals surface area contributed by atoms with Gasteiger partial charge in [-0.25, -0.2) is 4.98 Å². The van der Waals surface area contributed by atoms with E-state index in [4.69, 9.17) is 0 Å². The molecule has 1 aliphatic heterocycles. The Balaban J connectivity index is 1.81. The number of rotatable bonds is 2. The summed E-state index contributed by atoms with van der Waals surface area (Å²) in [7, 11) is 0. The first-order valence-electron chi connectivity index (χ1n) is 6.40. The number of anilines is 2. The molecule has 0 saturated carbocycles. The lowest BCUT2D eigenvalue weighted by atomic mass is 10.1. The van der Waals surface area contributed by atoms with Gasteiger partial charge in [-0.3, -0.25) is 9.59 Å². The van der Waals surface area contributed by atoms with Crippen molar-refractivity contribution in [1.29, 1.82) is 0 Å². The first kappa shape index (κ1) is 13.8. The van der Waals surface area contributed by atoms with Gasteiger partial charge in [0.2, 0.25) is 5.91 Å². The molecule has 2 heterocycles. The highest BCUT2D eigenvalue weighted by Crippen LogP contribution is 2.24. The lowest BCUT2D eigenvalue weighted by molar-refractivity contribution is -0.115. The molecule has 0 spiro atoms. The molecule has 106 valence electrons. The fraction of sp³-hybridized carbons (Fsp3) is 0.133. The van der Waals surface area contributed by atoms with E-state index in [1.807, 2.05) is 13.0 Å². The third kappa shape index (κ3) is 2.80. The SMILES string of the molecule is Cc1nc(NC(=O)c2ccc3c(c2)NC(=O)C3)ccc1Br. The molecule has 0 radical (unpaired) electrons. The van der Waals surface area contributed by atoms with Gasteiger partial charge in [-0.15, -0.1) is 0 Å². The number of nitrogens with zero attached hydrogens (tertiary/aromatic N) is 1. The van der Waals surface area contributed by atoms with Crippen LogP contribution in [0.25, 0.3) is 0 Å². The number of nitrogens with one attached hydrogen (secondary N) is 2. The van der Waals surface area contributed by atoms with Gasteiger partial charge >= 0.3 is 0 Å². The van der Waals surface area contributed by atoms with E-state index in [9.17, 15) is 9.59 Å². The summed E-state index contributed by atoms with van der Waals surface area (Å²) >= 11 is 3.36. The number of aryl methyl sites for hydroxylation is 1. The minimum atomic E-state index is -0.256. The molecule has 2 N–H and O–H groups in total. The monoisotopic (exact) mass is 345 g/mol. The largest absolute Gasteiger partial charge is 0.326 e. The van der Waals surface area contributed by atoms with Crippen LogP contribution in [0, 0.1) is 6.92 Å². The highest BCUT2D eigenvalue weighted by atomic mass is 79.9. The molecule has 5 nitrogen and oxygen atoms in total. The third-order valence-corrected chi connectivity index (χ3v) is 4.10. The van der Waals surface area contributed by atoms with Gasteiger partial charge in [-0.1, -0.05) is 6.07 Å². The molecule has 2 aromatic rings. The summed E-state index contributed by atoms with van der Waals surface area (Å²) in [6, 6.07) is 8.74. The van der Waals surface area contributed by atoms with Gasteiger partial charge in [0.1, 0.15) is 5.82 Å². The molecule has 1 aromatic heterocycles.